The van der Waals surface area contributed by atoms with Gasteiger partial charge in [0.1, 0.15) is 5.69 Å². The Kier molecular flexibility index (Phi) is 3.85. The predicted octanol–water partition coefficient (Wildman–Crippen LogP) is 1.86. The summed E-state index contributed by atoms with van der Waals surface area (Å²) in [5.74, 6) is 0.277. The number of nitrogens with one attached hydrogen (secondary N) is 1. The molecule has 5 nitrogen and oxygen atoms in total. The number of aromatic nitrogens is 1. The second-order valence-electron chi connectivity index (χ2n) is 6.80. The lowest BCUT2D eigenvalue weighted by molar-refractivity contribution is -0.0581. The van der Waals surface area contributed by atoms with Crippen molar-refractivity contribution in [1.29, 1.82) is 0 Å². The molecule has 0 spiro atoms. The van der Waals surface area contributed by atoms with Crippen LogP contribution in [0.2, 0.25) is 0 Å². The van der Waals surface area contributed by atoms with Crippen LogP contribution >= 0.6 is 0 Å². The number of hydrogen-bond donors (Lipinski definition) is 1. The molecule has 3 fully saturated rings. The van der Waals surface area contributed by atoms with Gasteiger partial charge in [0.05, 0.1) is 12.7 Å². The van der Waals surface area contributed by atoms with Gasteiger partial charge in [0.2, 0.25) is 0 Å². The molecule has 2 aliphatic heterocycles. The number of amides is 1. The molecule has 0 unspecified atom stereocenters. The molecule has 23 heavy (non-hydrogen) atoms. The Morgan fingerprint density at radius 1 is 1.35 bits per heavy atom. The van der Waals surface area contributed by atoms with E-state index in [1.165, 1.54) is 31.2 Å². The standard InChI is InChI=1S/C16H21F2N3O2/c17-16(18)21-5-1-2-13(21)15(22)19-11-6-12-9-23-14(10-3-4-10)8-20(12)7-11/h1-2,5,10-12,14,16H,3-4,6-9H2,(H,19,22)/t11-,12+,14+/m1/s1. The summed E-state index contributed by atoms with van der Waals surface area (Å²) in [6.45, 7) is -0.289. The normalized spacial score (nSPS) is 31.3. The van der Waals surface area contributed by atoms with Crippen LogP contribution in [-0.2, 0) is 4.74 Å². The number of alkyl halides is 2. The highest BCUT2D eigenvalue weighted by Gasteiger charge is 2.42. The summed E-state index contributed by atoms with van der Waals surface area (Å²) < 4.78 is 32.4. The van der Waals surface area contributed by atoms with Gasteiger partial charge in [-0.3, -0.25) is 14.3 Å². The highest BCUT2D eigenvalue weighted by atomic mass is 19.3. The zero-order valence-corrected chi connectivity index (χ0v) is 12.8. The van der Waals surface area contributed by atoms with Crippen LogP contribution in [-0.4, -0.2) is 53.3 Å². The number of ether oxygens (including phenoxy) is 1. The van der Waals surface area contributed by atoms with Crippen LogP contribution < -0.4 is 5.32 Å². The zero-order chi connectivity index (χ0) is 16.0. The third-order valence-electron chi connectivity index (χ3n) is 5.15. The number of morpholine rings is 1. The van der Waals surface area contributed by atoms with Gasteiger partial charge in [-0.25, -0.2) is 0 Å². The average molecular weight is 325 g/mol. The molecule has 1 aromatic heterocycles. The monoisotopic (exact) mass is 325 g/mol. The Hall–Kier alpha value is -1.47. The molecule has 1 aliphatic carbocycles. The first-order valence-electron chi connectivity index (χ1n) is 8.23. The molecule has 1 saturated carbocycles. The molecule has 3 heterocycles. The van der Waals surface area contributed by atoms with Gasteiger partial charge in [-0.2, -0.15) is 8.78 Å². The Labute approximate surface area is 133 Å². The van der Waals surface area contributed by atoms with Crippen molar-refractivity contribution in [3.05, 3.63) is 24.0 Å². The quantitative estimate of drug-likeness (QED) is 0.919. The molecule has 1 aromatic rings. The van der Waals surface area contributed by atoms with Crippen LogP contribution in [0.3, 0.4) is 0 Å². The fourth-order valence-electron chi connectivity index (χ4n) is 3.77. The molecule has 0 radical (unpaired) electrons. The molecule has 1 N–H and O–H groups in total. The Bertz CT molecular complexity index is 588. The van der Waals surface area contributed by atoms with Crippen LogP contribution in [0.4, 0.5) is 8.78 Å². The van der Waals surface area contributed by atoms with E-state index >= 15 is 0 Å². The van der Waals surface area contributed by atoms with E-state index in [9.17, 15) is 13.6 Å². The van der Waals surface area contributed by atoms with Crippen molar-refractivity contribution >= 4 is 5.91 Å². The zero-order valence-electron chi connectivity index (χ0n) is 12.8. The van der Waals surface area contributed by atoms with E-state index in [0.717, 1.165) is 19.5 Å². The highest BCUT2D eigenvalue weighted by molar-refractivity contribution is 5.93. The van der Waals surface area contributed by atoms with E-state index in [-0.39, 0.29) is 11.7 Å². The molecule has 3 atom stereocenters. The number of halogens is 2. The molecule has 7 heteroatoms. The third-order valence-corrected chi connectivity index (χ3v) is 5.15. The molecule has 126 valence electrons. The lowest BCUT2D eigenvalue weighted by Gasteiger charge is -2.35. The summed E-state index contributed by atoms with van der Waals surface area (Å²) in [5.41, 5.74) is 0.0111. The van der Waals surface area contributed by atoms with Crippen molar-refractivity contribution in [3.8, 4) is 0 Å². The lowest BCUT2D eigenvalue weighted by atomic mass is 10.1. The number of carbonyl (C=O) groups excluding carboxylic acids is 1. The largest absolute Gasteiger partial charge is 0.375 e. The molecular formula is C16H21F2N3O2. The summed E-state index contributed by atoms with van der Waals surface area (Å²) in [6, 6.07) is 3.22. The van der Waals surface area contributed by atoms with Crippen molar-refractivity contribution in [2.24, 2.45) is 5.92 Å². The molecule has 2 saturated heterocycles. The molecule has 1 amide bonds. The van der Waals surface area contributed by atoms with Gasteiger partial charge < -0.3 is 10.1 Å². The molecule has 0 aromatic carbocycles. The maximum atomic E-state index is 12.9. The second-order valence-corrected chi connectivity index (χ2v) is 6.80. The van der Waals surface area contributed by atoms with Crippen molar-refractivity contribution in [2.45, 2.75) is 44.0 Å². The van der Waals surface area contributed by atoms with Gasteiger partial charge in [0, 0.05) is 31.4 Å². The maximum absolute atomic E-state index is 12.9. The molecular weight excluding hydrogens is 304 g/mol. The van der Waals surface area contributed by atoms with E-state index in [2.05, 4.69) is 10.2 Å². The summed E-state index contributed by atoms with van der Waals surface area (Å²) in [5, 5.41) is 2.90. The predicted molar refractivity (Wildman–Crippen MR) is 79.4 cm³/mol. The lowest BCUT2D eigenvalue weighted by Crippen LogP contribution is -2.47. The topological polar surface area (TPSA) is 46.5 Å². The second kappa shape index (κ2) is 5.87. The summed E-state index contributed by atoms with van der Waals surface area (Å²) in [4.78, 5) is 14.6. The number of fused-ring (bicyclic) bond motifs is 1. The first-order valence-corrected chi connectivity index (χ1v) is 8.23. The van der Waals surface area contributed by atoms with Crippen LogP contribution in [0.5, 0.6) is 0 Å². The number of rotatable bonds is 4. The summed E-state index contributed by atoms with van der Waals surface area (Å²) >= 11 is 0. The smallest absolute Gasteiger partial charge is 0.319 e. The third kappa shape index (κ3) is 2.99. The fraction of sp³-hybridized carbons (Fsp3) is 0.688. The number of hydrogen-bond acceptors (Lipinski definition) is 3. The Balaban J connectivity index is 1.36. The first-order chi connectivity index (χ1) is 11.1. The van der Waals surface area contributed by atoms with E-state index < -0.39 is 12.5 Å². The summed E-state index contributed by atoms with van der Waals surface area (Å²) in [7, 11) is 0. The van der Waals surface area contributed by atoms with Crippen LogP contribution in [0.1, 0.15) is 36.3 Å². The van der Waals surface area contributed by atoms with Gasteiger partial charge in [0.15, 0.2) is 0 Å². The van der Waals surface area contributed by atoms with E-state index in [1.807, 2.05) is 0 Å². The Morgan fingerprint density at radius 2 is 2.17 bits per heavy atom. The van der Waals surface area contributed by atoms with Gasteiger partial charge >= 0.3 is 6.55 Å². The van der Waals surface area contributed by atoms with E-state index in [4.69, 9.17) is 4.74 Å². The van der Waals surface area contributed by atoms with Crippen molar-refractivity contribution in [3.63, 3.8) is 0 Å². The van der Waals surface area contributed by atoms with Crippen molar-refractivity contribution < 1.29 is 18.3 Å². The van der Waals surface area contributed by atoms with Gasteiger partial charge in [-0.15, -0.1) is 0 Å². The van der Waals surface area contributed by atoms with Crippen molar-refractivity contribution in [1.82, 2.24) is 14.8 Å². The van der Waals surface area contributed by atoms with Gasteiger partial charge in [0.25, 0.3) is 5.91 Å². The van der Waals surface area contributed by atoms with Crippen molar-refractivity contribution in [2.75, 3.05) is 19.7 Å². The minimum atomic E-state index is -2.70. The SMILES string of the molecule is O=C(N[C@@H]1C[C@H]2CO[C@H](C3CC3)CN2C1)c1cccn1C(F)F. The number of carbonyl (C=O) groups is 1. The van der Waals surface area contributed by atoms with E-state index in [0.29, 0.717) is 29.2 Å². The minimum absolute atomic E-state index is 0.00456. The van der Waals surface area contributed by atoms with Crippen LogP contribution in [0.15, 0.2) is 18.3 Å². The minimum Gasteiger partial charge on any atom is -0.375 e. The first kappa shape index (κ1) is 15.1. The molecule has 3 aliphatic rings. The van der Waals surface area contributed by atoms with Gasteiger partial charge in [-0.1, -0.05) is 0 Å². The van der Waals surface area contributed by atoms with Crippen LogP contribution in [0, 0.1) is 5.92 Å². The maximum Gasteiger partial charge on any atom is 0.319 e. The van der Waals surface area contributed by atoms with Crippen LogP contribution in [0.25, 0.3) is 0 Å². The average Bonchev–Trinajstić information content (AvgIpc) is 3.10. The molecule has 0 bridgehead atoms. The van der Waals surface area contributed by atoms with E-state index in [1.54, 1.807) is 0 Å². The van der Waals surface area contributed by atoms with Gasteiger partial charge in [-0.05, 0) is 37.3 Å². The number of nitrogens with zero attached hydrogens (tertiary/aromatic N) is 2. The Morgan fingerprint density at radius 3 is 2.91 bits per heavy atom. The fourth-order valence-corrected chi connectivity index (χ4v) is 3.77. The highest BCUT2D eigenvalue weighted by Crippen LogP contribution is 2.37. The molecule has 4 rings (SSSR count). The summed E-state index contributed by atoms with van der Waals surface area (Å²) in [6.07, 6.45) is 4.89.